The highest BCUT2D eigenvalue weighted by atomic mass is 16.5. The fraction of sp³-hybridized carbons (Fsp3) is 0.111. The first-order valence-electron chi connectivity index (χ1n) is 7.39. The summed E-state index contributed by atoms with van der Waals surface area (Å²) in [5.74, 6) is 0.684. The lowest BCUT2D eigenvalue weighted by Crippen LogP contribution is -2.15. The van der Waals surface area contributed by atoms with Gasteiger partial charge in [0.1, 0.15) is 5.75 Å². The number of carbonyl (C=O) groups excluding carboxylic acids is 1. The van der Waals surface area contributed by atoms with Gasteiger partial charge in [-0.3, -0.25) is 9.89 Å². The van der Waals surface area contributed by atoms with Gasteiger partial charge in [-0.15, -0.1) is 0 Å². The summed E-state index contributed by atoms with van der Waals surface area (Å²) >= 11 is 0. The van der Waals surface area contributed by atoms with Crippen LogP contribution in [-0.4, -0.2) is 22.7 Å². The predicted octanol–water partition coefficient (Wildman–Crippen LogP) is 3.48. The van der Waals surface area contributed by atoms with Gasteiger partial charge in [-0.05, 0) is 30.3 Å². The van der Waals surface area contributed by atoms with E-state index in [4.69, 9.17) is 4.74 Å². The summed E-state index contributed by atoms with van der Waals surface area (Å²) in [6.45, 7) is 0.343. The molecule has 0 spiro atoms. The van der Waals surface area contributed by atoms with Crippen molar-refractivity contribution in [3.05, 3.63) is 66.9 Å². The quantitative estimate of drug-likeness (QED) is 0.732. The molecule has 0 fully saturated rings. The molecule has 23 heavy (non-hydrogen) atoms. The standard InChI is InChI=1S/C18H17N3O2/c22-18(10-12-23-16-7-2-1-3-8-16)20-15-6-4-5-14(13-15)17-9-11-19-21-17/h1-9,11,13H,10,12H2,(H,19,21)(H,20,22). The van der Waals surface area contributed by atoms with Gasteiger partial charge in [-0.25, -0.2) is 0 Å². The molecule has 0 saturated carbocycles. The van der Waals surface area contributed by atoms with Crippen LogP contribution in [0.25, 0.3) is 11.3 Å². The second kappa shape index (κ2) is 7.26. The molecule has 0 saturated heterocycles. The van der Waals surface area contributed by atoms with Gasteiger partial charge in [0.2, 0.25) is 5.91 Å². The van der Waals surface area contributed by atoms with Crippen LogP contribution >= 0.6 is 0 Å². The van der Waals surface area contributed by atoms with Gasteiger partial charge in [-0.2, -0.15) is 5.10 Å². The van der Waals surface area contributed by atoms with Gasteiger partial charge < -0.3 is 10.1 Å². The number of ether oxygens (including phenoxy) is 1. The summed E-state index contributed by atoms with van der Waals surface area (Å²) in [5.41, 5.74) is 2.64. The Morgan fingerprint density at radius 2 is 1.96 bits per heavy atom. The Hall–Kier alpha value is -3.08. The Kier molecular flexibility index (Phi) is 4.69. The van der Waals surface area contributed by atoms with E-state index >= 15 is 0 Å². The lowest BCUT2D eigenvalue weighted by atomic mass is 10.1. The van der Waals surface area contributed by atoms with E-state index in [0.717, 1.165) is 22.7 Å². The second-order valence-corrected chi connectivity index (χ2v) is 5.01. The van der Waals surface area contributed by atoms with Gasteiger partial charge in [0.15, 0.2) is 0 Å². The van der Waals surface area contributed by atoms with Crippen LogP contribution in [0.1, 0.15) is 6.42 Å². The number of H-pyrrole nitrogens is 1. The van der Waals surface area contributed by atoms with Gasteiger partial charge in [0.05, 0.1) is 18.7 Å². The summed E-state index contributed by atoms with van der Waals surface area (Å²) in [5, 5.41) is 9.71. The molecule has 0 unspecified atom stereocenters. The summed E-state index contributed by atoms with van der Waals surface area (Å²) < 4.78 is 5.52. The average Bonchev–Trinajstić information content (AvgIpc) is 3.11. The molecule has 1 aromatic heterocycles. The first-order chi connectivity index (χ1) is 11.3. The number of rotatable bonds is 6. The van der Waals surface area contributed by atoms with Gasteiger partial charge >= 0.3 is 0 Å². The van der Waals surface area contributed by atoms with Crippen LogP contribution in [0.2, 0.25) is 0 Å². The van der Waals surface area contributed by atoms with Crippen molar-refractivity contribution in [3.8, 4) is 17.0 Å². The van der Waals surface area contributed by atoms with Crippen molar-refractivity contribution in [3.63, 3.8) is 0 Å². The van der Waals surface area contributed by atoms with Crippen molar-refractivity contribution >= 4 is 11.6 Å². The second-order valence-electron chi connectivity index (χ2n) is 5.01. The van der Waals surface area contributed by atoms with Crippen LogP contribution < -0.4 is 10.1 Å². The molecule has 116 valence electrons. The molecule has 0 aliphatic carbocycles. The van der Waals surface area contributed by atoms with Crippen molar-refractivity contribution in [1.82, 2.24) is 10.2 Å². The SMILES string of the molecule is O=C(CCOc1ccccc1)Nc1cccc(-c2ccn[nH]2)c1. The van der Waals surface area contributed by atoms with E-state index in [2.05, 4.69) is 15.5 Å². The molecular formula is C18H17N3O2. The number of aromatic amines is 1. The molecule has 5 nitrogen and oxygen atoms in total. The van der Waals surface area contributed by atoms with Gasteiger partial charge in [0.25, 0.3) is 0 Å². The van der Waals surface area contributed by atoms with E-state index in [-0.39, 0.29) is 5.91 Å². The van der Waals surface area contributed by atoms with E-state index in [1.807, 2.05) is 60.7 Å². The summed E-state index contributed by atoms with van der Waals surface area (Å²) in [7, 11) is 0. The van der Waals surface area contributed by atoms with Crippen LogP contribution in [0, 0.1) is 0 Å². The largest absolute Gasteiger partial charge is 0.493 e. The fourth-order valence-corrected chi connectivity index (χ4v) is 2.18. The zero-order valence-electron chi connectivity index (χ0n) is 12.5. The number of amides is 1. The number of nitrogens with zero attached hydrogens (tertiary/aromatic N) is 1. The maximum absolute atomic E-state index is 12.0. The van der Waals surface area contributed by atoms with E-state index < -0.39 is 0 Å². The topological polar surface area (TPSA) is 67.0 Å². The smallest absolute Gasteiger partial charge is 0.227 e. The summed E-state index contributed by atoms with van der Waals surface area (Å²) in [4.78, 5) is 12.0. The highest BCUT2D eigenvalue weighted by molar-refractivity contribution is 5.91. The Labute approximate surface area is 134 Å². The van der Waals surface area contributed by atoms with E-state index in [9.17, 15) is 4.79 Å². The number of para-hydroxylation sites is 1. The number of hydrogen-bond donors (Lipinski definition) is 2. The summed E-state index contributed by atoms with van der Waals surface area (Å²) in [6, 6.07) is 19.0. The van der Waals surface area contributed by atoms with Crippen LogP contribution in [0.3, 0.4) is 0 Å². The third-order valence-electron chi connectivity index (χ3n) is 3.30. The average molecular weight is 307 g/mol. The lowest BCUT2D eigenvalue weighted by molar-refractivity contribution is -0.116. The Morgan fingerprint density at radius 3 is 2.74 bits per heavy atom. The minimum Gasteiger partial charge on any atom is -0.493 e. The monoisotopic (exact) mass is 307 g/mol. The molecule has 0 atom stereocenters. The normalized spacial score (nSPS) is 10.3. The molecule has 1 amide bonds. The molecule has 2 aromatic carbocycles. The molecule has 0 bridgehead atoms. The van der Waals surface area contributed by atoms with Crippen LogP contribution in [-0.2, 0) is 4.79 Å². The number of aromatic nitrogens is 2. The number of nitrogens with one attached hydrogen (secondary N) is 2. The molecule has 0 radical (unpaired) electrons. The molecule has 3 rings (SSSR count). The Bertz CT molecular complexity index is 755. The van der Waals surface area contributed by atoms with Crippen LogP contribution in [0.5, 0.6) is 5.75 Å². The van der Waals surface area contributed by atoms with Crippen molar-refractivity contribution in [1.29, 1.82) is 0 Å². The number of anilines is 1. The first-order valence-corrected chi connectivity index (χ1v) is 7.39. The predicted molar refractivity (Wildman–Crippen MR) is 89.2 cm³/mol. The Balaban J connectivity index is 1.53. The minimum absolute atomic E-state index is 0.0808. The third-order valence-corrected chi connectivity index (χ3v) is 3.30. The molecule has 5 heteroatoms. The van der Waals surface area contributed by atoms with E-state index in [1.165, 1.54) is 0 Å². The minimum atomic E-state index is -0.0808. The maximum atomic E-state index is 12.0. The first kappa shape index (κ1) is 14.8. The number of carbonyl (C=O) groups is 1. The van der Waals surface area contributed by atoms with Gasteiger partial charge in [0, 0.05) is 17.4 Å². The lowest BCUT2D eigenvalue weighted by Gasteiger charge is -2.08. The fourth-order valence-electron chi connectivity index (χ4n) is 2.18. The zero-order valence-corrected chi connectivity index (χ0v) is 12.5. The van der Waals surface area contributed by atoms with Gasteiger partial charge in [-0.1, -0.05) is 30.3 Å². The van der Waals surface area contributed by atoms with Crippen LogP contribution in [0.4, 0.5) is 5.69 Å². The molecular weight excluding hydrogens is 290 g/mol. The van der Waals surface area contributed by atoms with Crippen LogP contribution in [0.15, 0.2) is 66.9 Å². The highest BCUT2D eigenvalue weighted by Crippen LogP contribution is 2.20. The number of hydrogen-bond acceptors (Lipinski definition) is 3. The van der Waals surface area contributed by atoms with Crippen molar-refractivity contribution in [2.24, 2.45) is 0 Å². The molecule has 0 aliphatic rings. The molecule has 3 aromatic rings. The van der Waals surface area contributed by atoms with Crippen molar-refractivity contribution in [2.75, 3.05) is 11.9 Å². The molecule has 1 heterocycles. The van der Waals surface area contributed by atoms with Crippen molar-refractivity contribution in [2.45, 2.75) is 6.42 Å². The molecule has 2 N–H and O–H groups in total. The van der Waals surface area contributed by atoms with Crippen molar-refractivity contribution < 1.29 is 9.53 Å². The van der Waals surface area contributed by atoms with E-state index in [0.29, 0.717) is 13.0 Å². The highest BCUT2D eigenvalue weighted by Gasteiger charge is 2.05. The van der Waals surface area contributed by atoms with E-state index in [1.54, 1.807) is 6.20 Å². The summed E-state index contributed by atoms with van der Waals surface area (Å²) in [6.07, 6.45) is 1.99. The third kappa shape index (κ3) is 4.20. The Morgan fingerprint density at radius 1 is 1.09 bits per heavy atom. The zero-order chi connectivity index (χ0) is 15.9. The molecule has 0 aliphatic heterocycles. The number of benzene rings is 2. The maximum Gasteiger partial charge on any atom is 0.227 e.